The molecule has 2 rings (SSSR count). The first-order valence-corrected chi connectivity index (χ1v) is 5.42. The third kappa shape index (κ3) is 2.15. The fraction of sp³-hybridized carbons (Fsp3) is 0.600. The summed E-state index contributed by atoms with van der Waals surface area (Å²) in [5, 5.41) is 12.6. The summed E-state index contributed by atoms with van der Waals surface area (Å²) in [6, 6.07) is 0. The summed E-state index contributed by atoms with van der Waals surface area (Å²) >= 11 is 5.82. The van der Waals surface area contributed by atoms with E-state index >= 15 is 0 Å². The van der Waals surface area contributed by atoms with Crippen molar-refractivity contribution in [2.45, 2.75) is 24.6 Å². The van der Waals surface area contributed by atoms with Crippen LogP contribution in [0.25, 0.3) is 0 Å². The largest absolute Gasteiger partial charge is 0.435 e. The van der Waals surface area contributed by atoms with Gasteiger partial charge in [-0.05, 0) is 25.2 Å². The van der Waals surface area contributed by atoms with Gasteiger partial charge in [0.1, 0.15) is 5.15 Å². The molecule has 0 saturated heterocycles. The Kier molecular flexibility index (Phi) is 2.90. The van der Waals surface area contributed by atoms with E-state index in [9.17, 15) is 18.3 Å². The van der Waals surface area contributed by atoms with Gasteiger partial charge in [-0.2, -0.15) is 18.3 Å². The molecule has 3 nitrogen and oxygen atoms in total. The van der Waals surface area contributed by atoms with Crippen molar-refractivity contribution in [3.05, 3.63) is 23.3 Å². The summed E-state index contributed by atoms with van der Waals surface area (Å²) < 4.78 is 39.2. The van der Waals surface area contributed by atoms with Crippen LogP contribution < -0.4 is 0 Å². The normalized spacial score (nSPS) is 26.1. The summed E-state index contributed by atoms with van der Waals surface area (Å²) in [4.78, 5) is 0. The maximum absolute atomic E-state index is 12.7. The summed E-state index contributed by atoms with van der Waals surface area (Å²) in [6.07, 6.45) is -4.95. The lowest BCUT2D eigenvalue weighted by Gasteiger charge is -2.07. The monoisotopic (exact) mass is 267 g/mol. The molecule has 3 atom stereocenters. The Morgan fingerprint density at radius 1 is 1.59 bits per heavy atom. The lowest BCUT2D eigenvalue weighted by molar-refractivity contribution is -0.142. The van der Waals surface area contributed by atoms with Crippen LogP contribution in [0.4, 0.5) is 13.2 Å². The van der Waals surface area contributed by atoms with E-state index in [0.717, 1.165) is 4.68 Å². The van der Waals surface area contributed by atoms with Crippen LogP contribution in [0, 0.1) is 12.8 Å². The van der Waals surface area contributed by atoms with E-state index in [4.69, 9.17) is 11.6 Å². The second-order valence-corrected chi connectivity index (χ2v) is 4.61. The Balaban J connectivity index is 2.40. The van der Waals surface area contributed by atoms with Crippen LogP contribution in [-0.4, -0.2) is 21.0 Å². The van der Waals surface area contributed by atoms with Gasteiger partial charge >= 0.3 is 6.18 Å². The highest BCUT2D eigenvalue weighted by Crippen LogP contribution is 2.54. The minimum atomic E-state index is -4.53. The predicted molar refractivity (Wildman–Crippen MR) is 55.4 cm³/mol. The van der Waals surface area contributed by atoms with Gasteiger partial charge < -0.3 is 5.11 Å². The van der Waals surface area contributed by atoms with Gasteiger partial charge in [0.2, 0.25) is 0 Å². The van der Waals surface area contributed by atoms with Crippen LogP contribution in [0.2, 0.25) is 5.15 Å². The summed E-state index contributed by atoms with van der Waals surface area (Å²) in [7, 11) is 1.36. The lowest BCUT2D eigenvalue weighted by Crippen LogP contribution is -2.10. The Morgan fingerprint density at radius 3 is 2.59 bits per heavy atom. The van der Waals surface area contributed by atoms with Crippen molar-refractivity contribution in [3.63, 3.8) is 0 Å². The van der Waals surface area contributed by atoms with E-state index in [1.165, 1.54) is 7.05 Å². The lowest BCUT2D eigenvalue weighted by atomic mass is 10.1. The van der Waals surface area contributed by atoms with Crippen molar-refractivity contribution in [2.75, 3.05) is 0 Å². The second-order valence-electron chi connectivity index (χ2n) is 4.25. The summed E-state index contributed by atoms with van der Waals surface area (Å²) in [5.41, 5.74) is -0.979. The van der Waals surface area contributed by atoms with Gasteiger partial charge in [-0.25, -0.2) is 0 Å². The van der Waals surface area contributed by atoms with E-state index in [0.29, 0.717) is 6.42 Å². The number of aliphatic hydroxyl groups excluding tert-OH is 1. The van der Waals surface area contributed by atoms with Crippen molar-refractivity contribution in [1.29, 1.82) is 0 Å². The fourth-order valence-corrected chi connectivity index (χ4v) is 2.30. The molecular formula is C10H11ClF3N2O. The number of aryl methyl sites for hydroxylation is 1. The number of aromatic nitrogens is 2. The van der Waals surface area contributed by atoms with Crippen molar-refractivity contribution < 1.29 is 18.3 Å². The summed E-state index contributed by atoms with van der Waals surface area (Å²) in [5.74, 6) is -0.668. The van der Waals surface area contributed by atoms with Gasteiger partial charge in [0, 0.05) is 12.6 Å². The molecule has 1 fully saturated rings. The van der Waals surface area contributed by atoms with Crippen LogP contribution in [0.1, 0.15) is 23.6 Å². The van der Waals surface area contributed by atoms with Gasteiger partial charge in [-0.3, -0.25) is 4.68 Å². The molecule has 0 aliphatic heterocycles. The van der Waals surface area contributed by atoms with Gasteiger partial charge in [-0.15, -0.1) is 0 Å². The van der Waals surface area contributed by atoms with E-state index in [2.05, 4.69) is 12.0 Å². The molecule has 17 heavy (non-hydrogen) atoms. The molecule has 1 aromatic rings. The molecule has 1 aliphatic carbocycles. The zero-order chi connectivity index (χ0) is 13.0. The Labute approximate surface area is 101 Å². The molecule has 1 heterocycles. The van der Waals surface area contributed by atoms with Gasteiger partial charge in [0.25, 0.3) is 0 Å². The van der Waals surface area contributed by atoms with Gasteiger partial charge in [0.05, 0.1) is 6.10 Å². The SMILES string of the molecule is [CH2]C(O)C1CC1c1c(C(F)(F)F)nn(C)c1Cl. The number of hydrogen-bond donors (Lipinski definition) is 1. The molecule has 95 valence electrons. The van der Waals surface area contributed by atoms with Crippen LogP contribution in [-0.2, 0) is 13.2 Å². The van der Waals surface area contributed by atoms with Crippen LogP contribution in [0.3, 0.4) is 0 Å². The Bertz CT molecular complexity index is 441. The quantitative estimate of drug-likeness (QED) is 0.893. The molecule has 7 heteroatoms. The number of alkyl halides is 3. The summed E-state index contributed by atoms with van der Waals surface area (Å²) in [6.45, 7) is 3.41. The van der Waals surface area contributed by atoms with E-state index in [1.807, 2.05) is 0 Å². The number of nitrogens with zero attached hydrogens (tertiary/aromatic N) is 2. The average molecular weight is 268 g/mol. The minimum absolute atomic E-state index is 0.0191. The van der Waals surface area contributed by atoms with Crippen molar-refractivity contribution in [1.82, 2.24) is 9.78 Å². The fourth-order valence-electron chi connectivity index (χ4n) is 2.03. The molecule has 1 radical (unpaired) electrons. The topological polar surface area (TPSA) is 38.1 Å². The van der Waals surface area contributed by atoms with E-state index in [1.54, 1.807) is 0 Å². The maximum atomic E-state index is 12.7. The first-order valence-electron chi connectivity index (χ1n) is 5.04. The minimum Gasteiger partial charge on any atom is -0.393 e. The number of rotatable bonds is 2. The zero-order valence-electron chi connectivity index (χ0n) is 9.00. The van der Waals surface area contributed by atoms with E-state index < -0.39 is 23.9 Å². The highest BCUT2D eigenvalue weighted by Gasteiger charge is 2.49. The van der Waals surface area contributed by atoms with Crippen LogP contribution in [0.15, 0.2) is 0 Å². The predicted octanol–water partition coefficient (Wildman–Crippen LogP) is 2.39. The van der Waals surface area contributed by atoms with Crippen molar-refractivity contribution in [2.24, 2.45) is 13.0 Å². The van der Waals surface area contributed by atoms with Gasteiger partial charge in [0.15, 0.2) is 5.69 Å². The molecule has 0 amide bonds. The van der Waals surface area contributed by atoms with Crippen LogP contribution >= 0.6 is 11.6 Å². The van der Waals surface area contributed by atoms with E-state index in [-0.39, 0.29) is 16.6 Å². The molecule has 1 aromatic heterocycles. The first kappa shape index (κ1) is 12.7. The third-order valence-corrected chi connectivity index (χ3v) is 3.43. The molecular weight excluding hydrogens is 257 g/mol. The average Bonchev–Trinajstić information content (AvgIpc) is 2.89. The number of halogens is 4. The molecule has 3 unspecified atom stereocenters. The smallest absolute Gasteiger partial charge is 0.393 e. The third-order valence-electron chi connectivity index (χ3n) is 2.98. The Morgan fingerprint density at radius 2 is 2.18 bits per heavy atom. The highest BCUT2D eigenvalue weighted by atomic mass is 35.5. The van der Waals surface area contributed by atoms with Gasteiger partial charge in [-0.1, -0.05) is 11.6 Å². The second kappa shape index (κ2) is 3.88. The first-order chi connectivity index (χ1) is 7.73. The van der Waals surface area contributed by atoms with Crippen LogP contribution in [0.5, 0.6) is 0 Å². The highest BCUT2D eigenvalue weighted by molar-refractivity contribution is 6.30. The van der Waals surface area contributed by atoms with Crippen molar-refractivity contribution >= 4 is 11.6 Å². The zero-order valence-corrected chi connectivity index (χ0v) is 9.76. The number of hydrogen-bond acceptors (Lipinski definition) is 2. The molecule has 0 spiro atoms. The molecule has 0 bridgehead atoms. The number of aliphatic hydroxyl groups is 1. The molecule has 0 aromatic carbocycles. The van der Waals surface area contributed by atoms with Crippen molar-refractivity contribution in [3.8, 4) is 0 Å². The maximum Gasteiger partial charge on any atom is 0.435 e. The molecule has 1 aliphatic rings. The standard InChI is InChI=1S/C10H11ClF3N2O/c1-4(17)5-3-6(5)7-8(10(12,13)14)15-16(2)9(7)11/h4-6,17H,1,3H2,2H3. The Hall–Kier alpha value is -0.750. The molecule has 1 N–H and O–H groups in total. The molecule has 1 saturated carbocycles.